The first-order chi connectivity index (χ1) is 39.6. The summed E-state index contributed by atoms with van der Waals surface area (Å²) in [5, 5.41) is 19.3. The third kappa shape index (κ3) is 15.4. The molecule has 0 unspecified atom stereocenters. The normalized spacial score (nSPS) is 13.7. The molecule has 2 aliphatic rings. The minimum atomic E-state index is -1.19. The number of benzene rings is 2. The van der Waals surface area contributed by atoms with Crippen molar-refractivity contribution in [3.63, 3.8) is 0 Å². The lowest BCUT2D eigenvalue weighted by atomic mass is 9.84. The Balaban J connectivity index is 0.000000193. The molecule has 8 heterocycles. The summed E-state index contributed by atoms with van der Waals surface area (Å²) in [6, 6.07) is 19.4. The highest BCUT2D eigenvalue weighted by Gasteiger charge is 2.38. The number of nitrogens with one attached hydrogen (secondary N) is 3. The summed E-state index contributed by atoms with van der Waals surface area (Å²) in [5.74, 6) is -3.40. The highest BCUT2D eigenvalue weighted by atomic mass is 35.5. The molecule has 2 saturated heterocycles. The van der Waals surface area contributed by atoms with Crippen LogP contribution in [0.1, 0.15) is 91.6 Å². The Hall–Kier alpha value is -9.32. The van der Waals surface area contributed by atoms with E-state index in [1.807, 2.05) is 13.8 Å². The molecule has 0 aliphatic carbocycles. The van der Waals surface area contributed by atoms with Crippen molar-refractivity contribution in [2.24, 2.45) is 16.6 Å². The molecule has 10 rings (SSSR count). The number of carbonyl (C=O) groups is 6. The predicted molar refractivity (Wildman–Crippen MR) is 308 cm³/mol. The van der Waals surface area contributed by atoms with Crippen LogP contribution in [-0.4, -0.2) is 116 Å². The van der Waals surface area contributed by atoms with Gasteiger partial charge in [0.25, 0.3) is 28.8 Å². The molecular weight excluding hydrogens is 1110 g/mol. The topological polar surface area (TPSA) is 313 Å². The van der Waals surface area contributed by atoms with Crippen LogP contribution in [-0.2, 0) is 48.9 Å². The number of rotatable bonds is 15. The number of hydrogen-bond donors (Lipinski definition) is 5. The van der Waals surface area contributed by atoms with Crippen LogP contribution >= 0.6 is 23.2 Å². The van der Waals surface area contributed by atoms with E-state index in [9.17, 15) is 43.5 Å². The summed E-state index contributed by atoms with van der Waals surface area (Å²) in [7, 11) is 0. The number of hydrogen-bond acceptors (Lipinski definition) is 15. The maximum Gasteiger partial charge on any atom is 0.337 e. The smallest absolute Gasteiger partial charge is 0.337 e. The van der Waals surface area contributed by atoms with Crippen LogP contribution in [0.25, 0.3) is 22.1 Å². The molecule has 23 nitrogen and oxygen atoms in total. The van der Waals surface area contributed by atoms with Gasteiger partial charge >= 0.3 is 5.97 Å². The van der Waals surface area contributed by atoms with E-state index in [0.717, 1.165) is 27.6 Å². The monoisotopic (exact) mass is 1160 g/mol. The Labute approximate surface area is 484 Å². The average Bonchev–Trinajstić information content (AvgIpc) is 2.82. The van der Waals surface area contributed by atoms with Gasteiger partial charge in [-0.25, -0.2) is 14.8 Å². The number of amides is 5. The van der Waals surface area contributed by atoms with Crippen LogP contribution in [0.4, 0.5) is 0 Å². The Kier molecular flexibility index (Phi) is 18.8. The highest BCUT2D eigenvalue weighted by molar-refractivity contribution is 6.30. The summed E-state index contributed by atoms with van der Waals surface area (Å²) in [6.07, 6.45) is 12.0. The zero-order chi connectivity index (χ0) is 59.6. The SMILES string of the molecule is CC1(C)CN(C(=O)Cn2c(=O)c(C(=O)NCc3ccc(Cl)cc3)cc3cc(C(=O)NCc4cnccn4)cnc32)C1.CC1(C)CN(C(=O)Cn2c(=O)c(C(=O)NCc3ccc(Cl)cc3)cc3cc(C(=O)O)cnc32)C1.NCc1cnccn1. The van der Waals surface area contributed by atoms with Gasteiger partial charge < -0.3 is 36.6 Å². The molecule has 83 heavy (non-hydrogen) atoms. The van der Waals surface area contributed by atoms with E-state index < -0.39 is 34.8 Å². The van der Waals surface area contributed by atoms with E-state index >= 15 is 0 Å². The van der Waals surface area contributed by atoms with Crippen LogP contribution < -0.4 is 32.8 Å². The maximum absolute atomic E-state index is 13.5. The van der Waals surface area contributed by atoms with Crippen LogP contribution in [0.3, 0.4) is 0 Å². The van der Waals surface area contributed by atoms with Crippen molar-refractivity contribution in [2.45, 2.75) is 67.0 Å². The zero-order valence-corrected chi connectivity index (χ0v) is 47.1. The van der Waals surface area contributed by atoms with E-state index in [0.29, 0.717) is 53.8 Å². The number of halogens is 2. The van der Waals surface area contributed by atoms with Crippen LogP contribution in [0.15, 0.2) is 132 Å². The Morgan fingerprint density at radius 1 is 0.542 bits per heavy atom. The number of fused-ring (bicyclic) bond motifs is 2. The second-order valence-corrected chi connectivity index (χ2v) is 22.1. The van der Waals surface area contributed by atoms with Gasteiger partial charge in [0, 0.05) is 110 Å². The van der Waals surface area contributed by atoms with Gasteiger partial charge in [0.05, 0.1) is 35.3 Å². The van der Waals surface area contributed by atoms with Crippen molar-refractivity contribution in [2.75, 3.05) is 26.2 Å². The van der Waals surface area contributed by atoms with Crippen LogP contribution in [0.2, 0.25) is 10.0 Å². The first-order valence-electron chi connectivity index (χ1n) is 26.0. The molecule has 6 aromatic heterocycles. The molecule has 2 aliphatic heterocycles. The van der Waals surface area contributed by atoms with Gasteiger partial charge in [0.15, 0.2) is 0 Å². The lowest BCUT2D eigenvalue weighted by Crippen LogP contribution is -2.56. The molecule has 6 N–H and O–H groups in total. The molecule has 8 aromatic rings. The van der Waals surface area contributed by atoms with Gasteiger partial charge in [-0.05, 0) is 70.5 Å². The summed E-state index contributed by atoms with van der Waals surface area (Å²) in [6.45, 7) is 10.8. The summed E-state index contributed by atoms with van der Waals surface area (Å²) >= 11 is 11.8. The fraction of sp³-hybridized carbons (Fsp3) is 0.276. The number of carboxylic acids is 1. The number of likely N-dealkylation sites (tertiary alicyclic amines) is 2. The largest absolute Gasteiger partial charge is 0.478 e. The maximum atomic E-state index is 13.5. The number of pyridine rings is 4. The molecule has 0 spiro atoms. The molecule has 0 radical (unpaired) electrons. The van der Waals surface area contributed by atoms with E-state index in [1.54, 1.807) is 83.1 Å². The number of aromatic nitrogens is 8. The quantitative estimate of drug-likeness (QED) is 0.0897. The molecule has 2 aromatic carbocycles. The van der Waals surface area contributed by atoms with Gasteiger partial charge in [0.1, 0.15) is 35.5 Å². The lowest BCUT2D eigenvalue weighted by Gasteiger charge is -2.45. The number of nitrogens with zero attached hydrogens (tertiary/aromatic N) is 10. The third-order valence-corrected chi connectivity index (χ3v) is 13.7. The first kappa shape index (κ1) is 59.8. The summed E-state index contributed by atoms with van der Waals surface area (Å²) in [5.41, 5.74) is 7.02. The van der Waals surface area contributed by atoms with Crippen molar-refractivity contribution < 1.29 is 33.9 Å². The molecule has 0 saturated carbocycles. The second kappa shape index (κ2) is 26.1. The minimum absolute atomic E-state index is 0.0118. The first-order valence-corrected chi connectivity index (χ1v) is 26.7. The van der Waals surface area contributed by atoms with Crippen LogP contribution in [0.5, 0.6) is 0 Å². The van der Waals surface area contributed by atoms with Crippen molar-refractivity contribution >= 4 is 80.8 Å². The number of carboxylic acid groups (broad SMARTS) is 1. The van der Waals surface area contributed by atoms with Gasteiger partial charge in [-0.3, -0.25) is 62.6 Å². The van der Waals surface area contributed by atoms with Gasteiger partial charge in [-0.2, -0.15) is 0 Å². The van der Waals surface area contributed by atoms with E-state index in [4.69, 9.17) is 28.9 Å². The van der Waals surface area contributed by atoms with Crippen molar-refractivity contribution in [3.05, 3.63) is 198 Å². The van der Waals surface area contributed by atoms with Crippen molar-refractivity contribution in [1.29, 1.82) is 0 Å². The van der Waals surface area contributed by atoms with E-state index in [-0.39, 0.29) is 94.3 Å². The van der Waals surface area contributed by atoms with E-state index in [1.165, 1.54) is 47.4 Å². The predicted octanol–water partition coefficient (Wildman–Crippen LogP) is 5.05. The molecule has 0 bridgehead atoms. The Bertz CT molecular complexity index is 3850. The minimum Gasteiger partial charge on any atom is -0.478 e. The fourth-order valence-corrected chi connectivity index (χ4v) is 9.33. The molecular formula is C58H58Cl2N14O9. The third-order valence-electron chi connectivity index (χ3n) is 13.2. The summed E-state index contributed by atoms with van der Waals surface area (Å²) in [4.78, 5) is 131. The standard InChI is InChI=1S/C29H28ClN7O4.C24H23ClN4O5.C5H7N3/c1-29(2)16-36(17-29)24(38)15-37-25-19(9-20(12-33-25)26(39)35-14-22-13-31-7-8-32-22)10-23(28(37)41)27(40)34-11-18-3-5-21(30)6-4-18;1-24(2)12-28(13-24)19(30)11-29-20-15(7-16(10-26-20)23(33)34)8-18(22(29)32)21(31)27-9-14-3-5-17(25)6-4-14;6-3-5-4-7-1-2-8-5/h3-10,12-13H,11,14-17H2,1-2H3,(H,34,40)(H,35,39);3-8,10H,9,11-13H2,1-2H3,(H,27,31)(H,33,34);1-2,4H,3,6H2. The van der Waals surface area contributed by atoms with E-state index in [2.05, 4.69) is 59.7 Å². The highest BCUT2D eigenvalue weighted by Crippen LogP contribution is 2.30. The Morgan fingerprint density at radius 2 is 0.952 bits per heavy atom. The molecule has 5 amide bonds. The van der Waals surface area contributed by atoms with Crippen molar-refractivity contribution in [1.82, 2.24) is 64.8 Å². The molecule has 428 valence electrons. The average molecular weight is 1170 g/mol. The van der Waals surface area contributed by atoms with Gasteiger partial charge in [-0.1, -0.05) is 75.2 Å². The number of aromatic carboxylic acids is 1. The van der Waals surface area contributed by atoms with Gasteiger partial charge in [0.2, 0.25) is 11.8 Å². The number of carbonyl (C=O) groups excluding carboxylic acids is 5. The zero-order valence-electron chi connectivity index (χ0n) is 45.6. The summed E-state index contributed by atoms with van der Waals surface area (Å²) < 4.78 is 2.33. The number of nitrogens with two attached hydrogens (primary N) is 1. The molecule has 0 atom stereocenters. The fourth-order valence-electron chi connectivity index (χ4n) is 9.08. The molecule has 2 fully saturated rings. The Morgan fingerprint density at radius 3 is 1.34 bits per heavy atom. The second-order valence-electron chi connectivity index (χ2n) is 21.2. The molecule has 25 heteroatoms. The lowest BCUT2D eigenvalue weighted by molar-refractivity contribution is -0.142. The van der Waals surface area contributed by atoms with Gasteiger partial charge in [-0.15, -0.1) is 0 Å². The van der Waals surface area contributed by atoms with Crippen molar-refractivity contribution in [3.8, 4) is 0 Å². The van der Waals surface area contributed by atoms with Crippen LogP contribution in [0, 0.1) is 10.8 Å².